The van der Waals surface area contributed by atoms with Crippen molar-refractivity contribution >= 4 is 6.09 Å². The number of aromatic amines is 1. The molecule has 6 heteroatoms. The predicted molar refractivity (Wildman–Crippen MR) is 81.3 cm³/mol. The van der Waals surface area contributed by atoms with Crippen LogP contribution in [0.2, 0.25) is 0 Å². The summed E-state index contributed by atoms with van der Waals surface area (Å²) < 4.78 is 5.24. The van der Waals surface area contributed by atoms with Gasteiger partial charge in [-0.25, -0.2) is 4.79 Å². The highest BCUT2D eigenvalue weighted by Crippen LogP contribution is 2.26. The number of hydrogen-bond acceptors (Lipinski definition) is 4. The van der Waals surface area contributed by atoms with Crippen LogP contribution < -0.4 is 11.1 Å². The number of H-pyrrole nitrogens is 1. The molecule has 1 aromatic rings. The Morgan fingerprint density at radius 2 is 2.14 bits per heavy atom. The molecule has 1 heterocycles. The van der Waals surface area contributed by atoms with Crippen molar-refractivity contribution < 1.29 is 9.53 Å². The summed E-state index contributed by atoms with van der Waals surface area (Å²) in [4.78, 5) is 11.7. The number of ether oxygens (including phenoxy) is 1. The van der Waals surface area contributed by atoms with E-state index in [1.165, 1.54) is 24.1 Å². The molecular weight excluding hydrogens is 268 g/mol. The van der Waals surface area contributed by atoms with Crippen LogP contribution >= 0.6 is 0 Å². The van der Waals surface area contributed by atoms with Gasteiger partial charge in [0.1, 0.15) is 5.60 Å². The van der Waals surface area contributed by atoms with Gasteiger partial charge in [0, 0.05) is 24.7 Å². The van der Waals surface area contributed by atoms with E-state index in [0.717, 1.165) is 18.5 Å². The molecule has 0 spiro atoms. The van der Waals surface area contributed by atoms with Gasteiger partial charge in [-0.2, -0.15) is 5.10 Å². The number of carbonyl (C=O) groups excluding carboxylic acids is 1. The smallest absolute Gasteiger partial charge is 0.407 e. The highest BCUT2D eigenvalue weighted by molar-refractivity contribution is 5.67. The van der Waals surface area contributed by atoms with Crippen LogP contribution in [0.25, 0.3) is 0 Å². The van der Waals surface area contributed by atoms with Gasteiger partial charge in [0.25, 0.3) is 0 Å². The first kappa shape index (κ1) is 15.8. The first-order valence-electron chi connectivity index (χ1n) is 7.63. The standard InChI is InChI=1S/C15H26N4O2/c1-15(2,3)21-14(20)17-9-10(8-16)13-11-6-4-5-7-12(11)18-19-13/h10H,4-9,16H2,1-3H3,(H,17,20)(H,18,19). The molecule has 6 nitrogen and oxygen atoms in total. The molecule has 0 aromatic carbocycles. The molecule has 1 unspecified atom stereocenters. The summed E-state index contributed by atoms with van der Waals surface area (Å²) in [5, 5.41) is 10.3. The number of alkyl carbamates (subject to hydrolysis) is 1. The number of nitrogens with one attached hydrogen (secondary N) is 2. The Balaban J connectivity index is 1.97. The Labute approximate surface area is 125 Å². The molecule has 2 rings (SSSR count). The number of carbonyl (C=O) groups is 1. The molecule has 0 aliphatic heterocycles. The van der Waals surface area contributed by atoms with E-state index in [2.05, 4.69) is 15.5 Å². The molecule has 1 atom stereocenters. The molecule has 1 aliphatic rings. The van der Waals surface area contributed by atoms with Crippen molar-refractivity contribution in [2.24, 2.45) is 5.73 Å². The first-order chi connectivity index (χ1) is 9.90. The van der Waals surface area contributed by atoms with Gasteiger partial charge in [-0.3, -0.25) is 5.10 Å². The average molecular weight is 294 g/mol. The van der Waals surface area contributed by atoms with E-state index in [1.807, 2.05) is 20.8 Å². The molecule has 0 saturated carbocycles. The highest BCUT2D eigenvalue weighted by atomic mass is 16.6. The first-order valence-corrected chi connectivity index (χ1v) is 7.63. The lowest BCUT2D eigenvalue weighted by molar-refractivity contribution is 0.0524. The van der Waals surface area contributed by atoms with E-state index in [9.17, 15) is 4.79 Å². The highest BCUT2D eigenvalue weighted by Gasteiger charge is 2.24. The third kappa shape index (κ3) is 4.20. The fourth-order valence-electron chi connectivity index (χ4n) is 2.66. The SMILES string of the molecule is CC(C)(C)OC(=O)NCC(CN)c1n[nH]c2c1CCCC2. The van der Waals surface area contributed by atoms with E-state index in [-0.39, 0.29) is 5.92 Å². The van der Waals surface area contributed by atoms with Gasteiger partial charge in [0.05, 0.1) is 5.69 Å². The maximum absolute atomic E-state index is 11.7. The number of fused-ring (bicyclic) bond motifs is 1. The molecular formula is C15H26N4O2. The van der Waals surface area contributed by atoms with Gasteiger partial charge in [-0.05, 0) is 52.0 Å². The summed E-state index contributed by atoms with van der Waals surface area (Å²) in [5.74, 6) is 0.0237. The minimum absolute atomic E-state index is 0.0237. The number of hydrogen-bond donors (Lipinski definition) is 3. The Hall–Kier alpha value is -1.56. The fraction of sp³-hybridized carbons (Fsp3) is 0.733. The molecule has 118 valence electrons. The number of nitrogens with two attached hydrogens (primary N) is 1. The van der Waals surface area contributed by atoms with E-state index in [1.54, 1.807) is 0 Å². The maximum atomic E-state index is 11.7. The van der Waals surface area contributed by atoms with Gasteiger partial charge >= 0.3 is 6.09 Å². The Morgan fingerprint density at radius 1 is 1.43 bits per heavy atom. The van der Waals surface area contributed by atoms with Crippen LogP contribution in [0.4, 0.5) is 4.79 Å². The average Bonchev–Trinajstić information content (AvgIpc) is 2.82. The van der Waals surface area contributed by atoms with Crippen LogP contribution in [0.3, 0.4) is 0 Å². The van der Waals surface area contributed by atoms with Gasteiger partial charge in [-0.15, -0.1) is 0 Å². The minimum Gasteiger partial charge on any atom is -0.444 e. The second-order valence-electron chi connectivity index (χ2n) is 6.59. The normalized spacial score (nSPS) is 16.2. The molecule has 1 aromatic heterocycles. The summed E-state index contributed by atoms with van der Waals surface area (Å²) in [6.07, 6.45) is 4.09. The van der Waals surface area contributed by atoms with Gasteiger partial charge in [0.15, 0.2) is 0 Å². The van der Waals surface area contributed by atoms with Crippen molar-refractivity contribution in [2.45, 2.75) is 58.0 Å². The summed E-state index contributed by atoms with van der Waals surface area (Å²) in [6, 6.07) is 0. The third-order valence-corrected chi connectivity index (χ3v) is 3.65. The quantitative estimate of drug-likeness (QED) is 0.790. The topological polar surface area (TPSA) is 93.0 Å². The Kier molecular flexibility index (Phi) is 4.88. The molecule has 0 bridgehead atoms. The van der Waals surface area contributed by atoms with Crippen LogP contribution in [-0.2, 0) is 17.6 Å². The van der Waals surface area contributed by atoms with Crippen molar-refractivity contribution in [3.63, 3.8) is 0 Å². The number of aryl methyl sites for hydroxylation is 1. The lowest BCUT2D eigenvalue weighted by Crippen LogP contribution is -2.36. The zero-order chi connectivity index (χ0) is 15.5. The lowest BCUT2D eigenvalue weighted by Gasteiger charge is -2.21. The van der Waals surface area contributed by atoms with E-state index in [0.29, 0.717) is 13.1 Å². The lowest BCUT2D eigenvalue weighted by atomic mass is 9.91. The molecule has 21 heavy (non-hydrogen) atoms. The monoisotopic (exact) mass is 294 g/mol. The fourth-order valence-corrected chi connectivity index (χ4v) is 2.66. The van der Waals surface area contributed by atoms with Crippen molar-refractivity contribution in [3.05, 3.63) is 17.0 Å². The van der Waals surface area contributed by atoms with Crippen molar-refractivity contribution in [3.8, 4) is 0 Å². The van der Waals surface area contributed by atoms with Crippen LogP contribution in [0.1, 0.15) is 56.5 Å². The zero-order valence-electron chi connectivity index (χ0n) is 13.2. The molecule has 0 saturated heterocycles. The van der Waals surface area contributed by atoms with Crippen molar-refractivity contribution in [2.75, 3.05) is 13.1 Å². The number of nitrogens with zero attached hydrogens (tertiary/aromatic N) is 1. The summed E-state index contributed by atoms with van der Waals surface area (Å²) >= 11 is 0. The van der Waals surface area contributed by atoms with E-state index >= 15 is 0 Å². The molecule has 4 N–H and O–H groups in total. The van der Waals surface area contributed by atoms with Crippen molar-refractivity contribution in [1.29, 1.82) is 0 Å². The third-order valence-electron chi connectivity index (χ3n) is 3.65. The van der Waals surface area contributed by atoms with E-state index in [4.69, 9.17) is 10.5 Å². The minimum atomic E-state index is -0.492. The molecule has 1 amide bonds. The van der Waals surface area contributed by atoms with Crippen LogP contribution in [0.15, 0.2) is 0 Å². The van der Waals surface area contributed by atoms with Crippen LogP contribution in [0, 0.1) is 0 Å². The van der Waals surface area contributed by atoms with Gasteiger partial charge in [0.2, 0.25) is 0 Å². The molecule has 0 radical (unpaired) electrons. The van der Waals surface area contributed by atoms with Crippen LogP contribution in [-0.4, -0.2) is 35.0 Å². The second-order valence-corrected chi connectivity index (χ2v) is 6.59. The second kappa shape index (κ2) is 6.47. The van der Waals surface area contributed by atoms with Gasteiger partial charge in [-0.1, -0.05) is 0 Å². The zero-order valence-corrected chi connectivity index (χ0v) is 13.2. The molecule has 1 aliphatic carbocycles. The molecule has 0 fully saturated rings. The summed E-state index contributed by atoms with van der Waals surface area (Å²) in [5.41, 5.74) is 8.90. The maximum Gasteiger partial charge on any atom is 0.407 e. The van der Waals surface area contributed by atoms with Gasteiger partial charge < -0.3 is 15.8 Å². The number of amides is 1. The van der Waals surface area contributed by atoms with Crippen molar-refractivity contribution in [1.82, 2.24) is 15.5 Å². The summed E-state index contributed by atoms with van der Waals surface area (Å²) in [6.45, 7) is 6.43. The number of rotatable bonds is 4. The van der Waals surface area contributed by atoms with Crippen LogP contribution in [0.5, 0.6) is 0 Å². The van der Waals surface area contributed by atoms with E-state index < -0.39 is 11.7 Å². The largest absolute Gasteiger partial charge is 0.444 e. The Bertz CT molecular complexity index is 490. The summed E-state index contributed by atoms with van der Waals surface area (Å²) in [7, 11) is 0. The predicted octanol–water partition coefficient (Wildman–Crippen LogP) is 1.86. The number of aromatic nitrogens is 2. The Morgan fingerprint density at radius 3 is 2.81 bits per heavy atom.